The number of amides is 3. The molecule has 2 aromatic heterocycles. The highest BCUT2D eigenvalue weighted by Crippen LogP contribution is 2.42. The van der Waals surface area contributed by atoms with E-state index in [2.05, 4.69) is 0 Å². The van der Waals surface area contributed by atoms with Gasteiger partial charge in [0.2, 0.25) is 0 Å². The first kappa shape index (κ1) is 21.2. The van der Waals surface area contributed by atoms with Crippen LogP contribution < -0.4 is 4.90 Å². The minimum absolute atomic E-state index is 0.0579. The van der Waals surface area contributed by atoms with Gasteiger partial charge in [0.15, 0.2) is 5.65 Å². The van der Waals surface area contributed by atoms with E-state index in [4.69, 9.17) is 9.72 Å². The van der Waals surface area contributed by atoms with E-state index in [1.807, 2.05) is 43.6 Å². The standard InChI is InChI=1S/C25H26N4O4/c1-25(2,3)33-24(32)27(4)20-11-16(15-9-10-15)12-28-13-17(26-21(20)28)14-29-22(30)18-7-5-6-8-19(18)23(29)31/h5-8,11-13,15H,9-10,14H2,1-4H3. The predicted molar refractivity (Wildman–Crippen MR) is 122 cm³/mol. The summed E-state index contributed by atoms with van der Waals surface area (Å²) in [7, 11) is 1.67. The van der Waals surface area contributed by atoms with E-state index >= 15 is 0 Å². The molecule has 0 N–H and O–H groups in total. The highest BCUT2D eigenvalue weighted by Gasteiger charge is 2.36. The minimum Gasteiger partial charge on any atom is -0.443 e. The Morgan fingerprint density at radius 2 is 1.76 bits per heavy atom. The van der Waals surface area contributed by atoms with Crippen LogP contribution in [0.4, 0.5) is 10.5 Å². The Kier molecular flexibility index (Phi) is 4.77. The van der Waals surface area contributed by atoms with Crippen LogP contribution in [0.1, 0.15) is 71.5 Å². The van der Waals surface area contributed by atoms with Crippen LogP contribution in [0.25, 0.3) is 5.65 Å². The lowest BCUT2D eigenvalue weighted by Gasteiger charge is -2.25. The van der Waals surface area contributed by atoms with Gasteiger partial charge in [-0.1, -0.05) is 12.1 Å². The minimum atomic E-state index is -0.623. The Morgan fingerprint density at radius 1 is 1.12 bits per heavy atom. The second kappa shape index (κ2) is 7.43. The molecule has 2 aliphatic rings. The van der Waals surface area contributed by atoms with Gasteiger partial charge in [-0.15, -0.1) is 0 Å². The van der Waals surface area contributed by atoms with Crippen molar-refractivity contribution in [1.82, 2.24) is 14.3 Å². The molecule has 3 amide bonds. The van der Waals surface area contributed by atoms with Crippen LogP contribution in [0, 0.1) is 0 Å². The fraction of sp³-hybridized carbons (Fsp3) is 0.360. The zero-order chi connectivity index (χ0) is 23.5. The number of carbonyl (C=O) groups excluding carboxylic acids is 3. The number of rotatable bonds is 4. The number of imide groups is 1. The molecule has 1 fully saturated rings. The summed E-state index contributed by atoms with van der Waals surface area (Å²) in [6, 6.07) is 8.80. The number of anilines is 1. The number of aromatic nitrogens is 2. The maximum atomic E-state index is 12.8. The first-order chi connectivity index (χ1) is 15.6. The maximum Gasteiger partial charge on any atom is 0.414 e. The summed E-state index contributed by atoms with van der Waals surface area (Å²) < 4.78 is 7.42. The molecule has 0 atom stereocenters. The summed E-state index contributed by atoms with van der Waals surface area (Å²) in [4.78, 5) is 45.7. The molecule has 0 spiro atoms. The van der Waals surface area contributed by atoms with Gasteiger partial charge in [0.25, 0.3) is 11.8 Å². The average molecular weight is 447 g/mol. The Balaban J connectivity index is 1.50. The van der Waals surface area contributed by atoms with E-state index in [0.29, 0.717) is 34.1 Å². The molecule has 1 aliphatic carbocycles. The van der Waals surface area contributed by atoms with Gasteiger partial charge in [-0.05, 0) is 63.3 Å². The Morgan fingerprint density at radius 3 is 2.33 bits per heavy atom. The molecule has 3 aromatic rings. The number of fused-ring (bicyclic) bond motifs is 2. The van der Waals surface area contributed by atoms with Crippen molar-refractivity contribution in [3.63, 3.8) is 0 Å². The molecular weight excluding hydrogens is 420 g/mol. The second-order valence-electron chi connectivity index (χ2n) is 9.68. The van der Waals surface area contributed by atoms with E-state index in [9.17, 15) is 14.4 Å². The zero-order valence-electron chi connectivity index (χ0n) is 19.2. The monoisotopic (exact) mass is 446 g/mol. The van der Waals surface area contributed by atoms with Crippen molar-refractivity contribution in [3.8, 4) is 0 Å². The fourth-order valence-electron chi connectivity index (χ4n) is 4.09. The molecule has 0 bridgehead atoms. The van der Waals surface area contributed by atoms with Crippen LogP contribution in [0.2, 0.25) is 0 Å². The SMILES string of the molecule is CN(C(=O)OC(C)(C)C)c1cc(C2CC2)cn2cc(CN3C(=O)c4ccccc4C3=O)nc12. The Hall–Kier alpha value is -3.68. The molecule has 1 aromatic carbocycles. The van der Waals surface area contributed by atoms with E-state index in [-0.39, 0.29) is 18.4 Å². The lowest BCUT2D eigenvalue weighted by atomic mass is 10.1. The number of benzene rings is 1. The quantitative estimate of drug-likeness (QED) is 0.556. The molecule has 33 heavy (non-hydrogen) atoms. The largest absolute Gasteiger partial charge is 0.443 e. The highest BCUT2D eigenvalue weighted by atomic mass is 16.6. The number of nitrogens with zero attached hydrogens (tertiary/aromatic N) is 4. The van der Waals surface area contributed by atoms with Gasteiger partial charge in [0, 0.05) is 19.4 Å². The molecule has 1 saturated carbocycles. The third kappa shape index (κ3) is 3.86. The van der Waals surface area contributed by atoms with Gasteiger partial charge in [0.05, 0.1) is 29.1 Å². The van der Waals surface area contributed by atoms with E-state index < -0.39 is 11.7 Å². The summed E-state index contributed by atoms with van der Waals surface area (Å²) in [6.45, 7) is 5.53. The van der Waals surface area contributed by atoms with E-state index in [1.54, 1.807) is 31.3 Å². The molecule has 1 aliphatic heterocycles. The number of carbonyl (C=O) groups is 3. The van der Waals surface area contributed by atoms with Crippen molar-refractivity contribution in [2.24, 2.45) is 0 Å². The third-order valence-corrected chi connectivity index (χ3v) is 5.88. The van der Waals surface area contributed by atoms with Gasteiger partial charge in [-0.3, -0.25) is 19.4 Å². The van der Waals surface area contributed by atoms with Crippen molar-refractivity contribution in [2.75, 3.05) is 11.9 Å². The maximum absolute atomic E-state index is 12.8. The summed E-state index contributed by atoms with van der Waals surface area (Å²) >= 11 is 0. The lowest BCUT2D eigenvalue weighted by molar-refractivity contribution is 0.0587. The molecule has 8 heteroatoms. The molecular formula is C25H26N4O4. The van der Waals surface area contributed by atoms with Gasteiger partial charge >= 0.3 is 6.09 Å². The summed E-state index contributed by atoms with van der Waals surface area (Å²) in [5.41, 5.74) is 3.08. The van der Waals surface area contributed by atoms with Crippen LogP contribution >= 0.6 is 0 Å². The first-order valence-electron chi connectivity index (χ1n) is 11.1. The smallest absolute Gasteiger partial charge is 0.414 e. The highest BCUT2D eigenvalue weighted by molar-refractivity contribution is 6.21. The lowest BCUT2D eigenvalue weighted by Crippen LogP contribution is -2.34. The van der Waals surface area contributed by atoms with Crippen LogP contribution in [-0.4, -0.2) is 44.8 Å². The number of imidazole rings is 1. The van der Waals surface area contributed by atoms with Crippen LogP contribution in [0.15, 0.2) is 42.7 Å². The second-order valence-corrected chi connectivity index (χ2v) is 9.68. The molecule has 0 radical (unpaired) electrons. The normalized spacial score (nSPS) is 15.8. The fourth-order valence-corrected chi connectivity index (χ4v) is 4.09. The zero-order valence-corrected chi connectivity index (χ0v) is 19.2. The van der Waals surface area contributed by atoms with Gasteiger partial charge in [0.1, 0.15) is 5.60 Å². The van der Waals surface area contributed by atoms with Crippen molar-refractivity contribution in [3.05, 3.63) is 65.1 Å². The summed E-state index contributed by atoms with van der Waals surface area (Å²) in [5.74, 6) is -0.183. The molecule has 0 saturated heterocycles. The van der Waals surface area contributed by atoms with Crippen molar-refractivity contribution >= 4 is 29.2 Å². The van der Waals surface area contributed by atoms with Crippen LogP contribution in [0.5, 0.6) is 0 Å². The van der Waals surface area contributed by atoms with Crippen LogP contribution in [-0.2, 0) is 11.3 Å². The number of ether oxygens (including phenoxy) is 1. The van der Waals surface area contributed by atoms with Gasteiger partial charge in [-0.2, -0.15) is 0 Å². The molecule has 3 heterocycles. The summed E-state index contributed by atoms with van der Waals surface area (Å²) in [6.07, 6.45) is 5.58. The molecule has 8 nitrogen and oxygen atoms in total. The van der Waals surface area contributed by atoms with Crippen molar-refractivity contribution in [2.45, 2.75) is 51.7 Å². The number of pyridine rings is 1. The van der Waals surface area contributed by atoms with Crippen molar-refractivity contribution in [1.29, 1.82) is 0 Å². The molecule has 5 rings (SSSR count). The van der Waals surface area contributed by atoms with Gasteiger partial charge < -0.3 is 9.14 Å². The van der Waals surface area contributed by atoms with Crippen molar-refractivity contribution < 1.29 is 19.1 Å². The average Bonchev–Trinajstić information content (AvgIpc) is 3.49. The van der Waals surface area contributed by atoms with Crippen LogP contribution in [0.3, 0.4) is 0 Å². The molecule has 170 valence electrons. The topological polar surface area (TPSA) is 84.2 Å². The molecule has 0 unspecified atom stereocenters. The third-order valence-electron chi connectivity index (χ3n) is 5.88. The van der Waals surface area contributed by atoms with E-state index in [0.717, 1.165) is 18.4 Å². The first-order valence-corrected chi connectivity index (χ1v) is 11.1. The van der Waals surface area contributed by atoms with Gasteiger partial charge in [-0.25, -0.2) is 9.78 Å². The Labute approximate surface area is 191 Å². The Bertz CT molecular complexity index is 1260. The number of hydrogen-bond acceptors (Lipinski definition) is 5. The van der Waals surface area contributed by atoms with E-state index in [1.165, 1.54) is 9.80 Å². The predicted octanol–water partition coefficient (Wildman–Crippen LogP) is 4.38. The summed E-state index contributed by atoms with van der Waals surface area (Å²) in [5, 5.41) is 0. The number of hydrogen-bond donors (Lipinski definition) is 0.